The van der Waals surface area contributed by atoms with E-state index in [0.29, 0.717) is 5.56 Å². The molecule has 1 aromatic carbocycles. The van der Waals surface area contributed by atoms with Crippen LogP contribution in [0.4, 0.5) is 0 Å². The molecule has 3 rings (SSSR count). The molecule has 4 N–H and O–H groups in total. The number of carboxylic acids is 2. The summed E-state index contributed by atoms with van der Waals surface area (Å²) in [6.45, 7) is -0.727. The van der Waals surface area contributed by atoms with Crippen molar-refractivity contribution >= 4 is 28.9 Å². The van der Waals surface area contributed by atoms with Gasteiger partial charge in [-0.25, -0.2) is 4.79 Å². The van der Waals surface area contributed by atoms with E-state index in [0.717, 1.165) is 4.57 Å². The van der Waals surface area contributed by atoms with E-state index in [2.05, 4.69) is 10.2 Å². The van der Waals surface area contributed by atoms with E-state index in [-0.39, 0.29) is 22.3 Å². The fourth-order valence-corrected chi connectivity index (χ4v) is 2.68. The number of rotatable bonds is 5. The van der Waals surface area contributed by atoms with Gasteiger partial charge in [0, 0.05) is 12.6 Å². The van der Waals surface area contributed by atoms with Crippen LogP contribution in [0.1, 0.15) is 20.7 Å². The van der Waals surface area contributed by atoms with Crippen molar-refractivity contribution in [3.63, 3.8) is 0 Å². The maximum atomic E-state index is 12.4. The molecule has 0 atom stereocenters. The maximum absolute atomic E-state index is 12.4. The number of nitrogens with one attached hydrogen (secondary N) is 1. The predicted octanol–water partition coefficient (Wildman–Crippen LogP) is 0.214. The van der Waals surface area contributed by atoms with E-state index in [1.54, 1.807) is 0 Å². The Hall–Kier alpha value is -4.28. The van der Waals surface area contributed by atoms with Gasteiger partial charge in [0.1, 0.15) is 17.9 Å². The Morgan fingerprint density at radius 2 is 1.76 bits per heavy atom. The molecule has 1 amide bonds. The Balaban J connectivity index is 2.14. The first kappa shape index (κ1) is 19.5. The highest BCUT2D eigenvalue weighted by molar-refractivity contribution is 6.02. The number of nitrogens with zero attached hydrogens (tertiary/aromatic N) is 3. The lowest BCUT2D eigenvalue weighted by molar-refractivity contribution is -0.135. The van der Waals surface area contributed by atoms with E-state index in [1.807, 2.05) is 5.32 Å². The van der Waals surface area contributed by atoms with E-state index in [1.165, 1.54) is 37.4 Å². The standard InChI is InChI=1S/C18H14N4O7/c1-22-15-10(14(25)13(17(22)27)16(26)19-7-12(23)24)6-11(20-21-15)8-2-4-9(5-3-8)18(28)29/h2-6,25H,7H2,1H3,(H,19,26)(H,23,24)(H,28,29). The summed E-state index contributed by atoms with van der Waals surface area (Å²) in [5, 5.41) is 38.1. The number of carboxylic acid groups (broad SMARTS) is 2. The lowest BCUT2D eigenvalue weighted by Crippen LogP contribution is -2.35. The Labute approximate surface area is 161 Å². The summed E-state index contributed by atoms with van der Waals surface area (Å²) in [4.78, 5) is 46.2. The van der Waals surface area contributed by atoms with Crippen LogP contribution in [0, 0.1) is 0 Å². The highest BCUT2D eigenvalue weighted by atomic mass is 16.4. The third-order valence-electron chi connectivity index (χ3n) is 4.16. The lowest BCUT2D eigenvalue weighted by atomic mass is 10.1. The van der Waals surface area contributed by atoms with E-state index >= 15 is 0 Å². The number of hydrogen-bond acceptors (Lipinski definition) is 7. The number of hydrogen-bond donors (Lipinski definition) is 4. The molecule has 0 aliphatic rings. The molecule has 0 bridgehead atoms. The Morgan fingerprint density at radius 1 is 1.10 bits per heavy atom. The summed E-state index contributed by atoms with van der Waals surface area (Å²) in [5.74, 6) is -4.11. The van der Waals surface area contributed by atoms with Gasteiger partial charge in [0.05, 0.1) is 16.6 Å². The van der Waals surface area contributed by atoms with Crippen molar-refractivity contribution in [2.45, 2.75) is 0 Å². The normalized spacial score (nSPS) is 10.7. The summed E-state index contributed by atoms with van der Waals surface area (Å²) in [6, 6.07) is 7.13. The topological polar surface area (TPSA) is 172 Å². The quantitative estimate of drug-likeness (QED) is 0.469. The smallest absolute Gasteiger partial charge is 0.335 e. The van der Waals surface area contributed by atoms with Gasteiger partial charge in [-0.2, -0.15) is 0 Å². The fourth-order valence-electron chi connectivity index (χ4n) is 2.68. The molecule has 0 aliphatic heterocycles. The van der Waals surface area contributed by atoms with Crippen LogP contribution in [0.3, 0.4) is 0 Å². The highest BCUT2D eigenvalue weighted by Crippen LogP contribution is 2.28. The Kier molecular flexibility index (Phi) is 4.96. The van der Waals surface area contributed by atoms with Crippen molar-refractivity contribution in [3.8, 4) is 17.0 Å². The molecule has 0 fully saturated rings. The number of aryl methyl sites for hydroxylation is 1. The third-order valence-corrected chi connectivity index (χ3v) is 4.16. The first-order valence-corrected chi connectivity index (χ1v) is 8.13. The molecule has 0 radical (unpaired) electrons. The molecular weight excluding hydrogens is 384 g/mol. The van der Waals surface area contributed by atoms with Crippen LogP contribution >= 0.6 is 0 Å². The molecule has 3 aromatic rings. The number of benzene rings is 1. The number of carbonyl (C=O) groups is 3. The Bertz CT molecular complexity index is 1220. The van der Waals surface area contributed by atoms with Crippen molar-refractivity contribution in [2.24, 2.45) is 7.05 Å². The summed E-state index contributed by atoms with van der Waals surface area (Å²) in [5.41, 5.74) is -0.652. The molecule has 0 unspecified atom stereocenters. The van der Waals surface area contributed by atoms with Gasteiger partial charge in [-0.05, 0) is 18.2 Å². The average molecular weight is 398 g/mol. The van der Waals surface area contributed by atoms with Crippen molar-refractivity contribution in [2.75, 3.05) is 6.54 Å². The number of fused-ring (bicyclic) bond motifs is 1. The van der Waals surface area contributed by atoms with Crippen molar-refractivity contribution in [1.82, 2.24) is 20.1 Å². The number of aromatic carboxylic acids is 1. The minimum absolute atomic E-state index is 0.00758. The number of aromatic hydroxyl groups is 1. The number of aromatic nitrogens is 3. The molecule has 11 heteroatoms. The molecule has 0 spiro atoms. The molecule has 2 heterocycles. The van der Waals surface area contributed by atoms with Crippen molar-refractivity contribution in [3.05, 3.63) is 51.8 Å². The van der Waals surface area contributed by atoms with Gasteiger partial charge in [0.15, 0.2) is 5.65 Å². The number of amides is 1. The molecule has 0 aliphatic carbocycles. The highest BCUT2D eigenvalue weighted by Gasteiger charge is 2.23. The first-order valence-electron chi connectivity index (χ1n) is 8.13. The lowest BCUT2D eigenvalue weighted by Gasteiger charge is -2.11. The van der Waals surface area contributed by atoms with Gasteiger partial charge >= 0.3 is 11.9 Å². The second-order valence-corrected chi connectivity index (χ2v) is 6.01. The van der Waals surface area contributed by atoms with Crippen LogP contribution in [0.25, 0.3) is 22.3 Å². The summed E-state index contributed by atoms with van der Waals surface area (Å²) in [7, 11) is 1.33. The SMILES string of the molecule is Cn1c(=O)c(C(=O)NCC(=O)O)c(O)c2cc(-c3ccc(C(=O)O)cc3)nnc21. The monoisotopic (exact) mass is 398 g/mol. The molecular formula is C18H14N4O7. The maximum Gasteiger partial charge on any atom is 0.335 e. The first-order chi connectivity index (χ1) is 13.7. The molecule has 148 valence electrons. The largest absolute Gasteiger partial charge is 0.506 e. The molecule has 29 heavy (non-hydrogen) atoms. The fraction of sp³-hybridized carbons (Fsp3) is 0.111. The third kappa shape index (κ3) is 3.60. The average Bonchev–Trinajstić information content (AvgIpc) is 2.70. The second-order valence-electron chi connectivity index (χ2n) is 6.01. The van der Waals surface area contributed by atoms with Crippen LogP contribution in [-0.4, -0.2) is 54.5 Å². The summed E-state index contributed by atoms with van der Waals surface area (Å²) in [6.07, 6.45) is 0. The zero-order valence-corrected chi connectivity index (χ0v) is 14.9. The predicted molar refractivity (Wildman–Crippen MR) is 98.8 cm³/mol. The van der Waals surface area contributed by atoms with Crippen LogP contribution in [0.15, 0.2) is 35.1 Å². The van der Waals surface area contributed by atoms with Crippen molar-refractivity contribution in [1.29, 1.82) is 0 Å². The minimum Gasteiger partial charge on any atom is -0.506 e. The molecule has 0 saturated heterocycles. The van der Waals surface area contributed by atoms with Crippen LogP contribution in [0.5, 0.6) is 5.75 Å². The number of carbonyl (C=O) groups excluding carboxylic acids is 1. The van der Waals surface area contributed by atoms with Crippen LogP contribution in [-0.2, 0) is 11.8 Å². The van der Waals surface area contributed by atoms with Gasteiger partial charge < -0.3 is 20.6 Å². The van der Waals surface area contributed by atoms with E-state index in [4.69, 9.17) is 10.2 Å². The number of pyridine rings is 1. The van der Waals surface area contributed by atoms with Gasteiger partial charge in [0.25, 0.3) is 11.5 Å². The van der Waals surface area contributed by atoms with Gasteiger partial charge in [-0.1, -0.05) is 12.1 Å². The second kappa shape index (κ2) is 7.38. The van der Waals surface area contributed by atoms with E-state index in [9.17, 15) is 24.3 Å². The zero-order chi connectivity index (χ0) is 21.3. The summed E-state index contributed by atoms with van der Waals surface area (Å²) >= 11 is 0. The molecule has 0 saturated carbocycles. The van der Waals surface area contributed by atoms with Gasteiger partial charge in [-0.15, -0.1) is 10.2 Å². The summed E-state index contributed by atoms with van der Waals surface area (Å²) < 4.78 is 1.01. The minimum atomic E-state index is -1.31. The molecule has 11 nitrogen and oxygen atoms in total. The molecule has 2 aromatic heterocycles. The Morgan fingerprint density at radius 3 is 2.34 bits per heavy atom. The van der Waals surface area contributed by atoms with Crippen LogP contribution in [0.2, 0.25) is 0 Å². The van der Waals surface area contributed by atoms with Gasteiger partial charge in [0.2, 0.25) is 0 Å². The van der Waals surface area contributed by atoms with Crippen molar-refractivity contribution < 1.29 is 29.7 Å². The number of aliphatic carboxylic acids is 1. The van der Waals surface area contributed by atoms with E-state index < -0.39 is 41.3 Å². The van der Waals surface area contributed by atoms with Gasteiger partial charge in [-0.3, -0.25) is 19.0 Å². The zero-order valence-electron chi connectivity index (χ0n) is 14.9. The van der Waals surface area contributed by atoms with Crippen LogP contribution < -0.4 is 10.9 Å².